The highest BCUT2D eigenvalue weighted by Gasteiger charge is 2.19. The Morgan fingerprint density at radius 3 is 2.85 bits per heavy atom. The smallest absolute Gasteiger partial charge is 0.259 e. The molecule has 0 aliphatic heterocycles. The second-order valence-electron chi connectivity index (χ2n) is 6.44. The van der Waals surface area contributed by atoms with Gasteiger partial charge in [0.05, 0.1) is 11.1 Å². The molecule has 3 aromatic rings. The maximum Gasteiger partial charge on any atom is 0.259 e. The van der Waals surface area contributed by atoms with Gasteiger partial charge >= 0.3 is 0 Å². The molecule has 0 unspecified atom stereocenters. The van der Waals surface area contributed by atoms with Gasteiger partial charge in [-0.05, 0) is 43.4 Å². The molecular weight excluding hydrogens is 348 g/mol. The van der Waals surface area contributed by atoms with Gasteiger partial charge in [0.25, 0.3) is 5.56 Å². The molecule has 0 atom stereocenters. The SMILES string of the molecule is O=C(CCc1nc2sc3c(c2c(=O)[nH]1)CCCC3)NNc1ccccc1. The number of nitrogens with zero attached hydrogens (tertiary/aromatic N) is 1. The molecule has 1 aromatic carbocycles. The van der Waals surface area contributed by atoms with Crippen molar-refractivity contribution in [3.63, 3.8) is 0 Å². The molecule has 7 heteroatoms. The van der Waals surface area contributed by atoms with Crippen LogP contribution in [-0.2, 0) is 24.1 Å². The first-order valence-electron chi connectivity index (χ1n) is 8.84. The average molecular weight is 368 g/mol. The molecule has 3 N–H and O–H groups in total. The van der Waals surface area contributed by atoms with Crippen molar-refractivity contribution >= 4 is 33.1 Å². The second-order valence-corrected chi connectivity index (χ2v) is 7.53. The Bertz CT molecular complexity index is 994. The normalized spacial score (nSPS) is 13.4. The Balaban J connectivity index is 1.42. The van der Waals surface area contributed by atoms with Gasteiger partial charge in [-0.2, -0.15) is 0 Å². The van der Waals surface area contributed by atoms with Gasteiger partial charge in [0, 0.05) is 17.7 Å². The Hall–Kier alpha value is -2.67. The lowest BCUT2D eigenvalue weighted by molar-refractivity contribution is -0.120. The number of benzene rings is 1. The van der Waals surface area contributed by atoms with Gasteiger partial charge < -0.3 is 4.98 Å². The van der Waals surface area contributed by atoms with Crippen molar-refractivity contribution in [1.82, 2.24) is 15.4 Å². The monoisotopic (exact) mass is 368 g/mol. The van der Waals surface area contributed by atoms with Gasteiger partial charge in [-0.1, -0.05) is 18.2 Å². The number of carbonyl (C=O) groups excluding carboxylic acids is 1. The van der Waals surface area contributed by atoms with Gasteiger partial charge in [0.1, 0.15) is 10.7 Å². The molecule has 1 amide bonds. The zero-order valence-electron chi connectivity index (χ0n) is 14.3. The van der Waals surface area contributed by atoms with Crippen LogP contribution in [0.15, 0.2) is 35.1 Å². The van der Waals surface area contributed by atoms with Gasteiger partial charge in [-0.15, -0.1) is 11.3 Å². The highest BCUT2D eigenvalue weighted by Crippen LogP contribution is 2.33. The van der Waals surface area contributed by atoms with Crippen LogP contribution in [0.25, 0.3) is 10.2 Å². The fraction of sp³-hybridized carbons (Fsp3) is 0.316. The van der Waals surface area contributed by atoms with E-state index in [4.69, 9.17) is 0 Å². The highest BCUT2D eigenvalue weighted by molar-refractivity contribution is 7.18. The number of thiophene rings is 1. The Kier molecular flexibility index (Phi) is 4.71. The van der Waals surface area contributed by atoms with Crippen molar-refractivity contribution < 1.29 is 4.79 Å². The molecule has 1 aliphatic carbocycles. The molecule has 1 aliphatic rings. The van der Waals surface area contributed by atoms with E-state index >= 15 is 0 Å². The van der Waals surface area contributed by atoms with Crippen LogP contribution in [0.3, 0.4) is 0 Å². The van der Waals surface area contributed by atoms with Crippen LogP contribution < -0.4 is 16.4 Å². The molecule has 2 heterocycles. The topological polar surface area (TPSA) is 86.9 Å². The molecule has 0 radical (unpaired) electrons. The van der Waals surface area contributed by atoms with Gasteiger partial charge in [-0.25, -0.2) is 4.98 Å². The number of carbonyl (C=O) groups is 1. The van der Waals surface area contributed by atoms with Crippen LogP contribution in [0.2, 0.25) is 0 Å². The van der Waals surface area contributed by atoms with Crippen molar-refractivity contribution in [2.24, 2.45) is 0 Å². The van der Waals surface area contributed by atoms with E-state index in [0.717, 1.165) is 35.2 Å². The molecule has 0 saturated carbocycles. The minimum absolute atomic E-state index is 0.0766. The first-order valence-corrected chi connectivity index (χ1v) is 9.66. The third-order valence-electron chi connectivity index (χ3n) is 4.58. The third kappa shape index (κ3) is 3.48. The number of anilines is 1. The van der Waals surface area contributed by atoms with Crippen molar-refractivity contribution in [3.05, 3.63) is 57.0 Å². The van der Waals surface area contributed by atoms with Crippen molar-refractivity contribution in [1.29, 1.82) is 0 Å². The maximum absolute atomic E-state index is 12.5. The summed E-state index contributed by atoms with van der Waals surface area (Å²) in [6.07, 6.45) is 4.97. The number of rotatable bonds is 5. The van der Waals surface area contributed by atoms with E-state index < -0.39 is 0 Å². The predicted octanol–water partition coefficient (Wildman–Crippen LogP) is 2.94. The molecule has 0 fully saturated rings. The number of hydrogen-bond donors (Lipinski definition) is 3. The third-order valence-corrected chi connectivity index (χ3v) is 5.77. The van der Waals surface area contributed by atoms with Crippen LogP contribution in [0, 0.1) is 0 Å². The molecule has 26 heavy (non-hydrogen) atoms. The zero-order chi connectivity index (χ0) is 17.9. The summed E-state index contributed by atoms with van der Waals surface area (Å²) >= 11 is 1.63. The molecular formula is C19H20N4O2S. The summed E-state index contributed by atoms with van der Waals surface area (Å²) in [7, 11) is 0. The average Bonchev–Trinajstić information content (AvgIpc) is 3.04. The summed E-state index contributed by atoms with van der Waals surface area (Å²) in [5.41, 5.74) is 7.44. The number of hydrazine groups is 1. The Morgan fingerprint density at radius 1 is 1.19 bits per heavy atom. The molecule has 0 spiro atoms. The second kappa shape index (κ2) is 7.29. The van der Waals surface area contributed by atoms with E-state index in [1.807, 2.05) is 30.3 Å². The Morgan fingerprint density at radius 2 is 2.00 bits per heavy atom. The number of fused-ring (bicyclic) bond motifs is 3. The number of hydrogen-bond acceptors (Lipinski definition) is 5. The number of nitrogens with one attached hydrogen (secondary N) is 3. The molecule has 0 saturated heterocycles. The van der Waals surface area contributed by atoms with Crippen LogP contribution >= 0.6 is 11.3 Å². The largest absolute Gasteiger partial charge is 0.310 e. The van der Waals surface area contributed by atoms with E-state index in [2.05, 4.69) is 20.8 Å². The summed E-state index contributed by atoms with van der Waals surface area (Å²) in [6.45, 7) is 0. The minimum atomic E-state index is -0.151. The predicted molar refractivity (Wildman–Crippen MR) is 103 cm³/mol. The molecule has 4 rings (SSSR count). The van der Waals surface area contributed by atoms with Crippen molar-refractivity contribution in [2.45, 2.75) is 38.5 Å². The fourth-order valence-electron chi connectivity index (χ4n) is 3.28. The summed E-state index contributed by atoms with van der Waals surface area (Å²) < 4.78 is 0. The van der Waals surface area contributed by atoms with Gasteiger partial charge in [0.2, 0.25) is 5.91 Å². The van der Waals surface area contributed by atoms with E-state index in [1.165, 1.54) is 16.9 Å². The van der Waals surface area contributed by atoms with E-state index in [1.54, 1.807) is 11.3 Å². The van der Waals surface area contributed by atoms with E-state index in [9.17, 15) is 9.59 Å². The first kappa shape index (κ1) is 16.8. The van der Waals surface area contributed by atoms with Crippen LogP contribution in [0.4, 0.5) is 5.69 Å². The quantitative estimate of drug-likeness (QED) is 0.604. The van der Waals surface area contributed by atoms with E-state index in [0.29, 0.717) is 12.2 Å². The molecule has 2 aromatic heterocycles. The lowest BCUT2D eigenvalue weighted by atomic mass is 9.97. The number of aromatic nitrogens is 2. The van der Waals surface area contributed by atoms with Crippen LogP contribution in [0.1, 0.15) is 35.5 Å². The molecule has 0 bridgehead atoms. The number of amides is 1. The van der Waals surface area contributed by atoms with Crippen molar-refractivity contribution in [3.8, 4) is 0 Å². The number of H-pyrrole nitrogens is 1. The maximum atomic E-state index is 12.5. The molecule has 6 nitrogen and oxygen atoms in total. The highest BCUT2D eigenvalue weighted by atomic mass is 32.1. The summed E-state index contributed by atoms with van der Waals surface area (Å²) in [5, 5.41) is 0.753. The number of aryl methyl sites for hydroxylation is 3. The summed E-state index contributed by atoms with van der Waals surface area (Å²) in [6, 6.07) is 9.42. The lowest BCUT2D eigenvalue weighted by Crippen LogP contribution is -2.29. The molecule has 134 valence electrons. The standard InChI is InChI=1S/C19H20N4O2S/c24-16(23-22-12-6-2-1-3-7-12)11-10-15-20-18(25)17-13-8-4-5-9-14(13)26-19(17)21-15/h1-3,6-7,22H,4-5,8-11H2,(H,23,24)(H,20,21,25). The van der Waals surface area contributed by atoms with Gasteiger partial charge in [0.15, 0.2) is 0 Å². The van der Waals surface area contributed by atoms with Crippen LogP contribution in [-0.4, -0.2) is 15.9 Å². The van der Waals surface area contributed by atoms with Gasteiger partial charge in [-0.3, -0.25) is 20.4 Å². The number of para-hydroxylation sites is 1. The summed E-state index contributed by atoms with van der Waals surface area (Å²) in [5.74, 6) is 0.415. The summed E-state index contributed by atoms with van der Waals surface area (Å²) in [4.78, 5) is 34.0. The van der Waals surface area contributed by atoms with E-state index in [-0.39, 0.29) is 17.9 Å². The van der Waals surface area contributed by atoms with Crippen molar-refractivity contribution in [2.75, 3.05) is 5.43 Å². The first-order chi connectivity index (χ1) is 12.7. The Labute approximate surface area is 154 Å². The fourth-order valence-corrected chi connectivity index (χ4v) is 4.57. The minimum Gasteiger partial charge on any atom is -0.310 e. The van der Waals surface area contributed by atoms with Crippen LogP contribution in [0.5, 0.6) is 0 Å². The number of aromatic amines is 1. The lowest BCUT2D eigenvalue weighted by Gasteiger charge is -2.09. The zero-order valence-corrected chi connectivity index (χ0v) is 15.1.